The zero-order chi connectivity index (χ0) is 14.0. The maximum absolute atomic E-state index is 12.2. The summed E-state index contributed by atoms with van der Waals surface area (Å²) >= 11 is 10.4. The highest BCUT2D eigenvalue weighted by atomic mass is 79.9. The van der Waals surface area contributed by atoms with Gasteiger partial charge in [-0.25, -0.2) is 18.4 Å². The molecular formula is C10H9BrClN3O2S2. The molecule has 2 aromatic heterocycles. The Morgan fingerprint density at radius 3 is 2.58 bits per heavy atom. The molecule has 0 atom stereocenters. The van der Waals surface area contributed by atoms with Crippen LogP contribution in [0.5, 0.6) is 0 Å². The van der Waals surface area contributed by atoms with Crippen molar-refractivity contribution < 1.29 is 8.42 Å². The summed E-state index contributed by atoms with van der Waals surface area (Å²) < 4.78 is 26.7. The third-order valence-corrected chi connectivity index (χ3v) is 5.84. The van der Waals surface area contributed by atoms with E-state index >= 15 is 0 Å². The molecule has 2 aromatic rings. The van der Waals surface area contributed by atoms with E-state index in [-0.39, 0.29) is 16.7 Å². The van der Waals surface area contributed by atoms with Gasteiger partial charge in [-0.05, 0) is 44.5 Å². The van der Waals surface area contributed by atoms with Gasteiger partial charge in [0.15, 0.2) is 0 Å². The van der Waals surface area contributed by atoms with E-state index in [2.05, 4.69) is 25.9 Å². The van der Waals surface area contributed by atoms with E-state index < -0.39 is 10.0 Å². The van der Waals surface area contributed by atoms with Crippen molar-refractivity contribution in [1.29, 1.82) is 0 Å². The van der Waals surface area contributed by atoms with E-state index in [1.54, 1.807) is 0 Å². The Bertz CT molecular complexity index is 672. The number of halogens is 2. The van der Waals surface area contributed by atoms with E-state index in [0.29, 0.717) is 0 Å². The van der Waals surface area contributed by atoms with Gasteiger partial charge in [-0.1, -0.05) is 0 Å². The van der Waals surface area contributed by atoms with Crippen LogP contribution in [0.4, 0.5) is 0 Å². The van der Waals surface area contributed by atoms with Crippen LogP contribution in [0.15, 0.2) is 32.5 Å². The molecule has 0 radical (unpaired) electrons. The molecule has 9 heteroatoms. The van der Waals surface area contributed by atoms with Crippen LogP contribution in [0, 0.1) is 0 Å². The van der Waals surface area contributed by atoms with Gasteiger partial charge in [-0.3, -0.25) is 0 Å². The fraction of sp³-hybridized carbons (Fsp3) is 0.200. The topological polar surface area (TPSA) is 63.2 Å². The Balaban J connectivity index is 2.21. The molecule has 0 saturated carbocycles. The van der Waals surface area contributed by atoms with Crippen LogP contribution in [0.1, 0.15) is 5.56 Å². The Morgan fingerprint density at radius 1 is 1.42 bits per heavy atom. The standard InChI is InChI=1S/C10H9BrClN3O2S2/c1-15(5-7-2-9(11)18-6-7)19(16,17)8-3-13-10(12)14-4-8/h2-4,6H,5H2,1H3. The number of hydrogen-bond donors (Lipinski definition) is 0. The minimum absolute atomic E-state index is 0.0170. The van der Waals surface area contributed by atoms with Crippen LogP contribution in [0.3, 0.4) is 0 Å². The first kappa shape index (κ1) is 14.9. The Labute approximate surface area is 128 Å². The van der Waals surface area contributed by atoms with Crippen LogP contribution in [-0.4, -0.2) is 29.7 Å². The Morgan fingerprint density at radius 2 is 2.05 bits per heavy atom. The van der Waals surface area contributed by atoms with E-state index in [4.69, 9.17) is 11.6 Å². The SMILES string of the molecule is CN(Cc1csc(Br)c1)S(=O)(=O)c1cnc(Cl)nc1. The number of aromatic nitrogens is 2. The number of hydrogen-bond acceptors (Lipinski definition) is 5. The Hall–Kier alpha value is -0.540. The van der Waals surface area contributed by atoms with Crippen molar-refractivity contribution in [1.82, 2.24) is 14.3 Å². The van der Waals surface area contributed by atoms with Crippen molar-refractivity contribution in [2.45, 2.75) is 11.4 Å². The molecule has 0 unspecified atom stereocenters. The van der Waals surface area contributed by atoms with Gasteiger partial charge in [0.25, 0.3) is 0 Å². The number of rotatable bonds is 4. The maximum atomic E-state index is 12.2. The van der Waals surface area contributed by atoms with Crippen molar-refractivity contribution in [2.24, 2.45) is 0 Å². The first-order valence-electron chi connectivity index (χ1n) is 5.06. The van der Waals surface area contributed by atoms with E-state index in [0.717, 1.165) is 9.35 Å². The van der Waals surface area contributed by atoms with Crippen molar-refractivity contribution >= 4 is 48.9 Å². The molecule has 102 valence electrons. The summed E-state index contributed by atoms with van der Waals surface area (Å²) in [4.78, 5) is 7.39. The molecule has 0 spiro atoms. The van der Waals surface area contributed by atoms with Gasteiger partial charge < -0.3 is 0 Å². The lowest BCUT2D eigenvalue weighted by molar-refractivity contribution is 0.466. The lowest BCUT2D eigenvalue weighted by Crippen LogP contribution is -2.26. The largest absolute Gasteiger partial charge is 0.246 e. The second kappa shape index (κ2) is 5.84. The van der Waals surface area contributed by atoms with Gasteiger partial charge in [0, 0.05) is 13.6 Å². The van der Waals surface area contributed by atoms with Gasteiger partial charge in [0.2, 0.25) is 15.3 Å². The smallest absolute Gasteiger partial charge is 0.225 e. The maximum Gasteiger partial charge on any atom is 0.246 e. The molecular weight excluding hydrogens is 374 g/mol. The molecule has 0 aromatic carbocycles. The third-order valence-electron chi connectivity index (χ3n) is 2.33. The lowest BCUT2D eigenvalue weighted by Gasteiger charge is -2.15. The number of sulfonamides is 1. The van der Waals surface area contributed by atoms with Crippen LogP contribution in [0.2, 0.25) is 5.28 Å². The Kier molecular flexibility index (Phi) is 4.57. The quantitative estimate of drug-likeness (QED) is 0.763. The highest BCUT2D eigenvalue weighted by Crippen LogP contribution is 2.23. The molecule has 0 bridgehead atoms. The van der Waals surface area contributed by atoms with Crippen molar-refractivity contribution in [2.75, 3.05) is 7.05 Å². The fourth-order valence-electron chi connectivity index (χ4n) is 1.38. The van der Waals surface area contributed by atoms with Gasteiger partial charge in [-0.15, -0.1) is 11.3 Å². The lowest BCUT2D eigenvalue weighted by atomic mass is 10.3. The average molecular weight is 383 g/mol. The summed E-state index contributed by atoms with van der Waals surface area (Å²) in [6.45, 7) is 0.285. The molecule has 5 nitrogen and oxygen atoms in total. The predicted octanol–water partition coefficient (Wildman–Crippen LogP) is 2.77. The van der Waals surface area contributed by atoms with Crippen molar-refractivity contribution in [3.8, 4) is 0 Å². The number of nitrogens with zero attached hydrogens (tertiary/aromatic N) is 3. The highest BCUT2D eigenvalue weighted by Gasteiger charge is 2.22. The van der Waals surface area contributed by atoms with E-state index in [1.807, 2.05) is 11.4 Å². The van der Waals surface area contributed by atoms with Crippen molar-refractivity contribution in [3.05, 3.63) is 38.5 Å². The molecule has 0 amide bonds. The molecule has 0 saturated heterocycles. The molecule has 19 heavy (non-hydrogen) atoms. The first-order valence-corrected chi connectivity index (χ1v) is 8.55. The van der Waals surface area contributed by atoms with Gasteiger partial charge in [0.1, 0.15) is 4.90 Å². The summed E-state index contributed by atoms with van der Waals surface area (Å²) in [5, 5.41) is 1.91. The fourth-order valence-corrected chi connectivity index (χ4v) is 3.73. The average Bonchev–Trinajstić information content (AvgIpc) is 2.75. The third kappa shape index (κ3) is 3.51. The predicted molar refractivity (Wildman–Crippen MR) is 77.7 cm³/mol. The minimum Gasteiger partial charge on any atom is -0.225 e. The molecule has 0 N–H and O–H groups in total. The number of thiophene rings is 1. The summed E-state index contributed by atoms with van der Waals surface area (Å²) in [7, 11) is -2.10. The highest BCUT2D eigenvalue weighted by molar-refractivity contribution is 9.11. The summed E-state index contributed by atoms with van der Waals surface area (Å²) in [6.07, 6.45) is 2.40. The van der Waals surface area contributed by atoms with Gasteiger partial charge in [0.05, 0.1) is 16.2 Å². The zero-order valence-electron chi connectivity index (χ0n) is 9.75. The van der Waals surface area contributed by atoms with E-state index in [1.165, 1.54) is 35.1 Å². The second-order valence-electron chi connectivity index (χ2n) is 3.71. The van der Waals surface area contributed by atoms with Crippen LogP contribution < -0.4 is 0 Å². The monoisotopic (exact) mass is 381 g/mol. The molecule has 0 fully saturated rings. The molecule has 0 aliphatic rings. The molecule has 2 rings (SSSR count). The van der Waals surface area contributed by atoms with Crippen LogP contribution >= 0.6 is 38.9 Å². The van der Waals surface area contributed by atoms with Crippen LogP contribution in [-0.2, 0) is 16.6 Å². The van der Waals surface area contributed by atoms with Crippen molar-refractivity contribution in [3.63, 3.8) is 0 Å². The molecule has 0 aliphatic carbocycles. The minimum atomic E-state index is -3.61. The summed E-state index contributed by atoms with van der Waals surface area (Å²) in [6, 6.07) is 1.88. The summed E-state index contributed by atoms with van der Waals surface area (Å²) in [5.41, 5.74) is 0.915. The first-order chi connectivity index (χ1) is 8.89. The normalized spacial score (nSPS) is 12.0. The molecule has 0 aliphatic heterocycles. The zero-order valence-corrected chi connectivity index (χ0v) is 13.7. The van der Waals surface area contributed by atoms with Gasteiger partial charge in [-0.2, -0.15) is 4.31 Å². The second-order valence-corrected chi connectivity index (χ2v) is 8.38. The van der Waals surface area contributed by atoms with E-state index in [9.17, 15) is 8.42 Å². The molecule has 2 heterocycles. The van der Waals surface area contributed by atoms with Crippen LogP contribution in [0.25, 0.3) is 0 Å². The van der Waals surface area contributed by atoms with Gasteiger partial charge >= 0.3 is 0 Å². The summed E-state index contributed by atoms with van der Waals surface area (Å²) in [5.74, 6) is 0.